The number of carbonyl (C=O) groups is 2. The lowest BCUT2D eigenvalue weighted by Gasteiger charge is -2.18. The van der Waals surface area contributed by atoms with Crippen molar-refractivity contribution in [2.45, 2.75) is 23.6 Å². The number of ether oxygens (including phenoxy) is 1. The molecule has 0 atom stereocenters. The van der Waals surface area contributed by atoms with E-state index in [1.165, 1.54) is 36.5 Å². The Kier molecular flexibility index (Phi) is 8.65. The van der Waals surface area contributed by atoms with E-state index in [1.807, 2.05) is 5.40 Å². The number of nitrogens with zero attached hydrogens (tertiary/aromatic N) is 2. The smallest absolute Gasteiger partial charge is 0.348 e. The minimum Gasteiger partial charge on any atom is -0.462 e. The van der Waals surface area contributed by atoms with E-state index in [9.17, 15) is 18.0 Å². The molecule has 0 radical (unpaired) electrons. The number of esters is 1. The highest BCUT2D eigenvalue weighted by atomic mass is 32.2. The topological polar surface area (TPSA) is 117 Å². The number of thiophene rings is 1. The molecule has 0 fully saturated rings. The molecule has 0 unspecified atom stereocenters. The van der Waals surface area contributed by atoms with Crippen LogP contribution in [-0.2, 0) is 14.8 Å². The zero-order chi connectivity index (χ0) is 23.9. The van der Waals surface area contributed by atoms with E-state index in [-0.39, 0.29) is 23.6 Å². The highest BCUT2D eigenvalue weighted by molar-refractivity contribution is 8.04. The van der Waals surface area contributed by atoms with Gasteiger partial charge < -0.3 is 10.1 Å². The number of nitriles is 1. The largest absolute Gasteiger partial charge is 0.462 e. The first-order valence-corrected chi connectivity index (χ1v) is 12.3. The van der Waals surface area contributed by atoms with Crippen LogP contribution < -0.4 is 5.32 Å². The van der Waals surface area contributed by atoms with E-state index in [1.54, 1.807) is 13.8 Å². The van der Waals surface area contributed by atoms with E-state index < -0.39 is 21.9 Å². The Bertz CT molecular complexity index is 1180. The van der Waals surface area contributed by atoms with Gasteiger partial charge in [0.25, 0.3) is 15.9 Å². The predicted octanol–water partition coefficient (Wildman–Crippen LogP) is 4.38. The Hall–Kier alpha value is -3.07. The Morgan fingerprint density at radius 3 is 2.50 bits per heavy atom. The van der Waals surface area contributed by atoms with Crippen LogP contribution in [0.2, 0.25) is 0 Å². The summed E-state index contributed by atoms with van der Waals surface area (Å²) in [6.45, 7) is 10.6. The molecule has 0 bridgehead atoms. The first-order valence-electron chi connectivity index (χ1n) is 9.24. The standard InChI is InChI=1S/C21H21N3O5S3/c1-5-12-24(6-2)32(27,28)16-10-8-15(9-11-16)19(25)23-20-17(30-13-22)14(4)18(31-20)21(26)29-7-3/h5-6,8-11H,1-2,7,12H2,3-4H3,(H,23,25). The summed E-state index contributed by atoms with van der Waals surface area (Å²) < 4.78 is 31.3. The summed E-state index contributed by atoms with van der Waals surface area (Å²) >= 11 is 1.84. The third kappa shape index (κ3) is 5.40. The molecule has 8 nitrogen and oxygen atoms in total. The van der Waals surface area contributed by atoms with Gasteiger partial charge in [-0.25, -0.2) is 13.2 Å². The van der Waals surface area contributed by atoms with Gasteiger partial charge >= 0.3 is 5.97 Å². The fraction of sp³-hybridized carbons (Fsp3) is 0.190. The van der Waals surface area contributed by atoms with E-state index in [2.05, 4.69) is 18.5 Å². The average molecular weight is 492 g/mol. The normalized spacial score (nSPS) is 10.7. The number of anilines is 1. The lowest BCUT2D eigenvalue weighted by atomic mass is 10.2. The van der Waals surface area contributed by atoms with Gasteiger partial charge in [-0.15, -0.1) is 17.9 Å². The van der Waals surface area contributed by atoms with Gasteiger partial charge in [0.05, 0.1) is 22.9 Å². The van der Waals surface area contributed by atoms with Gasteiger partial charge in [-0.1, -0.05) is 12.7 Å². The minimum absolute atomic E-state index is 0.00640. The van der Waals surface area contributed by atoms with Gasteiger partial charge in [-0.2, -0.15) is 5.26 Å². The Morgan fingerprint density at radius 1 is 1.31 bits per heavy atom. The predicted molar refractivity (Wildman–Crippen MR) is 125 cm³/mol. The number of sulfonamides is 1. The summed E-state index contributed by atoms with van der Waals surface area (Å²) in [6, 6.07) is 5.39. The number of hydrogen-bond donors (Lipinski definition) is 1. The van der Waals surface area contributed by atoms with Gasteiger partial charge in [0, 0.05) is 11.8 Å². The number of hydrogen-bond acceptors (Lipinski definition) is 8. The highest BCUT2D eigenvalue weighted by Crippen LogP contribution is 2.40. The van der Waals surface area contributed by atoms with Crippen molar-refractivity contribution in [2.24, 2.45) is 0 Å². The first kappa shape index (κ1) is 25.2. The van der Waals surface area contributed by atoms with Crippen LogP contribution in [0.3, 0.4) is 0 Å². The van der Waals surface area contributed by atoms with E-state index in [4.69, 9.17) is 10.00 Å². The van der Waals surface area contributed by atoms with Crippen molar-refractivity contribution in [1.29, 1.82) is 5.26 Å². The molecule has 0 spiro atoms. The monoisotopic (exact) mass is 491 g/mol. The molecule has 0 saturated heterocycles. The molecule has 0 aliphatic carbocycles. The van der Waals surface area contributed by atoms with Gasteiger partial charge in [-0.05, 0) is 55.4 Å². The Morgan fingerprint density at radius 2 is 1.97 bits per heavy atom. The maximum absolute atomic E-state index is 12.7. The summed E-state index contributed by atoms with van der Waals surface area (Å²) in [7, 11) is -3.82. The maximum atomic E-state index is 12.7. The molecular formula is C21H21N3O5S3. The van der Waals surface area contributed by atoms with Crippen molar-refractivity contribution in [3.8, 4) is 5.40 Å². The van der Waals surface area contributed by atoms with Crippen LogP contribution in [-0.4, -0.2) is 37.8 Å². The van der Waals surface area contributed by atoms with Crippen LogP contribution in [0.25, 0.3) is 0 Å². The number of amides is 1. The van der Waals surface area contributed by atoms with Crippen molar-refractivity contribution in [2.75, 3.05) is 18.5 Å². The first-order chi connectivity index (χ1) is 15.2. The zero-order valence-corrected chi connectivity index (χ0v) is 19.9. The van der Waals surface area contributed by atoms with Crippen molar-refractivity contribution in [3.05, 3.63) is 65.7 Å². The summed E-state index contributed by atoms with van der Waals surface area (Å²) in [6.07, 6.45) is 2.62. The van der Waals surface area contributed by atoms with Crippen molar-refractivity contribution >= 4 is 50.0 Å². The van der Waals surface area contributed by atoms with Gasteiger partial charge in [-0.3, -0.25) is 9.10 Å². The van der Waals surface area contributed by atoms with Crippen molar-refractivity contribution < 1.29 is 22.7 Å². The van der Waals surface area contributed by atoms with Crippen molar-refractivity contribution in [1.82, 2.24) is 4.31 Å². The Labute approximate surface area is 195 Å². The second kappa shape index (κ2) is 11.0. The van der Waals surface area contributed by atoms with Crippen LogP contribution in [0, 0.1) is 17.6 Å². The summed E-state index contributed by atoms with van der Waals surface area (Å²) in [4.78, 5) is 25.6. The summed E-state index contributed by atoms with van der Waals surface area (Å²) in [5.74, 6) is -1.05. The van der Waals surface area contributed by atoms with E-state index in [0.717, 1.165) is 27.4 Å². The van der Waals surface area contributed by atoms with E-state index in [0.29, 0.717) is 20.3 Å². The third-order valence-corrected chi connectivity index (χ3v) is 8.07. The van der Waals surface area contributed by atoms with Crippen LogP contribution >= 0.6 is 23.1 Å². The molecule has 2 rings (SSSR count). The fourth-order valence-corrected chi connectivity index (χ4v) is 5.67. The van der Waals surface area contributed by atoms with Crippen molar-refractivity contribution in [3.63, 3.8) is 0 Å². The molecule has 1 N–H and O–H groups in total. The number of thiocyanates is 1. The zero-order valence-electron chi connectivity index (χ0n) is 17.5. The number of carbonyl (C=O) groups excluding carboxylic acids is 2. The molecule has 1 aromatic carbocycles. The quantitative estimate of drug-likeness (QED) is 0.227. The van der Waals surface area contributed by atoms with Crippen LogP contribution in [0.4, 0.5) is 5.00 Å². The second-order valence-electron chi connectivity index (χ2n) is 6.15. The minimum atomic E-state index is -3.82. The molecule has 1 amide bonds. The molecule has 0 saturated carbocycles. The number of nitrogens with one attached hydrogen (secondary N) is 1. The van der Waals surface area contributed by atoms with Gasteiger partial charge in [0.2, 0.25) is 0 Å². The number of benzene rings is 1. The molecule has 32 heavy (non-hydrogen) atoms. The highest BCUT2D eigenvalue weighted by Gasteiger charge is 2.24. The molecule has 0 aliphatic rings. The fourth-order valence-electron chi connectivity index (χ4n) is 2.63. The second-order valence-corrected chi connectivity index (χ2v) is 9.86. The average Bonchev–Trinajstić information content (AvgIpc) is 3.07. The van der Waals surface area contributed by atoms with Gasteiger partial charge in [0.1, 0.15) is 15.3 Å². The molecule has 11 heteroatoms. The molecule has 1 aromatic heterocycles. The van der Waals surface area contributed by atoms with E-state index >= 15 is 0 Å². The lowest BCUT2D eigenvalue weighted by molar-refractivity contribution is 0.0531. The lowest BCUT2D eigenvalue weighted by Crippen LogP contribution is -2.25. The molecule has 168 valence electrons. The third-order valence-electron chi connectivity index (χ3n) is 4.16. The summed E-state index contributed by atoms with van der Waals surface area (Å²) in [5, 5.41) is 14.1. The maximum Gasteiger partial charge on any atom is 0.348 e. The molecular weight excluding hydrogens is 470 g/mol. The molecule has 1 heterocycles. The number of rotatable bonds is 10. The van der Waals surface area contributed by atoms with Crippen LogP contribution in [0.1, 0.15) is 32.5 Å². The van der Waals surface area contributed by atoms with Crippen LogP contribution in [0.5, 0.6) is 0 Å². The molecule has 2 aromatic rings. The molecule has 0 aliphatic heterocycles. The summed E-state index contributed by atoms with van der Waals surface area (Å²) in [5.41, 5.74) is 0.748. The van der Waals surface area contributed by atoms with Crippen LogP contribution in [0.15, 0.2) is 59.5 Å². The number of thioether (sulfide) groups is 1. The Balaban J connectivity index is 2.31. The SMILES string of the molecule is C=CCN(C=C)S(=O)(=O)c1ccc(C(=O)Nc2sc(C(=O)OCC)c(C)c2SC#N)cc1. The van der Waals surface area contributed by atoms with Gasteiger partial charge in [0.15, 0.2) is 0 Å².